The van der Waals surface area contributed by atoms with Crippen molar-refractivity contribution in [3.8, 4) is 0 Å². The summed E-state index contributed by atoms with van der Waals surface area (Å²) >= 11 is 3.28. The minimum Gasteiger partial charge on any atom is -0.273 e. The molecule has 0 radical (unpaired) electrons. The first-order valence-electron chi connectivity index (χ1n) is 5.33. The predicted molar refractivity (Wildman–Crippen MR) is 61.6 cm³/mol. The molecule has 2 aliphatic heterocycles. The molecule has 84 valence electrons. The molecule has 2 saturated heterocycles. The van der Waals surface area contributed by atoms with E-state index in [1.807, 2.05) is 0 Å². The molecule has 6 heteroatoms. The van der Waals surface area contributed by atoms with E-state index in [-0.39, 0.29) is 5.91 Å². The number of aromatic nitrogens is 2. The van der Waals surface area contributed by atoms with E-state index in [1.54, 1.807) is 17.4 Å². The number of hydrogen-bond donors (Lipinski definition) is 0. The maximum absolute atomic E-state index is 11.9. The van der Waals surface area contributed by atoms with Crippen molar-refractivity contribution >= 4 is 27.8 Å². The Balaban J connectivity index is 1.93. The third-order valence-corrected chi connectivity index (χ3v) is 3.46. The van der Waals surface area contributed by atoms with Crippen LogP contribution in [-0.4, -0.2) is 33.5 Å². The highest BCUT2D eigenvalue weighted by Crippen LogP contribution is 2.31. The minimum absolute atomic E-state index is 0.104. The molecule has 0 aliphatic carbocycles. The van der Waals surface area contributed by atoms with Gasteiger partial charge in [-0.05, 0) is 28.8 Å². The summed E-state index contributed by atoms with van der Waals surface area (Å²) in [5.74, 6) is 0.588. The molecule has 0 N–H and O–H groups in total. The van der Waals surface area contributed by atoms with E-state index in [4.69, 9.17) is 0 Å². The van der Waals surface area contributed by atoms with Gasteiger partial charge in [0.05, 0.1) is 4.47 Å². The van der Waals surface area contributed by atoms with Crippen LogP contribution in [0, 0.1) is 0 Å². The number of fused-ring (bicyclic) bond motifs is 1. The predicted octanol–water partition coefficient (Wildman–Crippen LogP) is 1.36. The number of carbonyl (C=O) groups is 1. The molecule has 3 rings (SSSR count). The minimum atomic E-state index is 0.104. The summed E-state index contributed by atoms with van der Waals surface area (Å²) in [6, 6.07) is 0.361. The summed E-state index contributed by atoms with van der Waals surface area (Å²) in [5, 5.41) is 3.72. The number of hydrazine groups is 1. The van der Waals surface area contributed by atoms with Gasteiger partial charge in [0.2, 0.25) is 11.9 Å². The van der Waals surface area contributed by atoms with E-state index in [9.17, 15) is 4.79 Å². The zero-order valence-electron chi connectivity index (χ0n) is 8.64. The van der Waals surface area contributed by atoms with Crippen LogP contribution in [-0.2, 0) is 4.79 Å². The normalized spacial score (nSPS) is 25.2. The average molecular weight is 283 g/mol. The SMILES string of the molecule is O=C1CC2CCCN2N1c1ncc(Br)cn1. The first-order chi connectivity index (χ1) is 7.75. The number of carbonyl (C=O) groups excluding carboxylic acids is 1. The van der Waals surface area contributed by atoms with E-state index >= 15 is 0 Å². The summed E-state index contributed by atoms with van der Waals surface area (Å²) < 4.78 is 0.820. The van der Waals surface area contributed by atoms with Crippen molar-refractivity contribution in [2.75, 3.05) is 11.6 Å². The third-order valence-electron chi connectivity index (χ3n) is 3.05. The Morgan fingerprint density at radius 1 is 1.38 bits per heavy atom. The zero-order valence-corrected chi connectivity index (χ0v) is 10.2. The number of hydrogen-bond acceptors (Lipinski definition) is 4. The molecular weight excluding hydrogens is 272 g/mol. The molecular formula is C10H11BrN4O. The second-order valence-corrected chi connectivity index (χ2v) is 4.99. The molecule has 1 aromatic heterocycles. The topological polar surface area (TPSA) is 49.3 Å². The van der Waals surface area contributed by atoms with Gasteiger partial charge in [-0.1, -0.05) is 0 Å². The summed E-state index contributed by atoms with van der Waals surface area (Å²) in [5.41, 5.74) is 0. The van der Waals surface area contributed by atoms with Crippen LogP contribution >= 0.6 is 15.9 Å². The van der Waals surface area contributed by atoms with E-state index in [0.717, 1.165) is 23.9 Å². The van der Waals surface area contributed by atoms with Crippen LogP contribution in [0.2, 0.25) is 0 Å². The molecule has 2 aliphatic rings. The second-order valence-electron chi connectivity index (χ2n) is 4.07. The van der Waals surface area contributed by atoms with E-state index in [1.165, 1.54) is 0 Å². The van der Waals surface area contributed by atoms with Crippen molar-refractivity contribution in [1.29, 1.82) is 0 Å². The number of anilines is 1. The van der Waals surface area contributed by atoms with Crippen molar-refractivity contribution in [2.24, 2.45) is 0 Å². The summed E-state index contributed by atoms with van der Waals surface area (Å²) in [4.78, 5) is 20.2. The molecule has 2 fully saturated rings. The van der Waals surface area contributed by atoms with Gasteiger partial charge in [-0.15, -0.1) is 0 Å². The fraction of sp³-hybridized carbons (Fsp3) is 0.500. The van der Waals surface area contributed by atoms with Gasteiger partial charge in [-0.25, -0.2) is 20.0 Å². The van der Waals surface area contributed by atoms with Crippen LogP contribution in [0.1, 0.15) is 19.3 Å². The average Bonchev–Trinajstić information content (AvgIpc) is 2.79. The summed E-state index contributed by atoms with van der Waals surface area (Å²) in [7, 11) is 0. The molecule has 0 bridgehead atoms. The van der Waals surface area contributed by atoms with Gasteiger partial charge in [0.1, 0.15) is 0 Å². The lowest BCUT2D eigenvalue weighted by molar-refractivity contribution is -0.118. The highest BCUT2D eigenvalue weighted by atomic mass is 79.9. The van der Waals surface area contributed by atoms with E-state index in [0.29, 0.717) is 18.4 Å². The first kappa shape index (κ1) is 10.2. The van der Waals surface area contributed by atoms with Crippen LogP contribution in [0.3, 0.4) is 0 Å². The Hall–Kier alpha value is -1.01. The maximum atomic E-state index is 11.9. The second kappa shape index (κ2) is 3.78. The standard InChI is InChI=1S/C10H11BrN4O/c11-7-5-12-10(13-6-7)15-9(16)4-8-2-1-3-14(8)15/h5-6,8H,1-4H2. The Labute approximate surface area is 102 Å². The van der Waals surface area contributed by atoms with Crippen LogP contribution in [0.4, 0.5) is 5.95 Å². The van der Waals surface area contributed by atoms with Crippen LogP contribution < -0.4 is 5.01 Å². The van der Waals surface area contributed by atoms with Gasteiger partial charge in [-0.3, -0.25) is 4.79 Å². The smallest absolute Gasteiger partial charge is 0.247 e. The van der Waals surface area contributed by atoms with Gasteiger partial charge in [0.15, 0.2) is 0 Å². The highest BCUT2D eigenvalue weighted by molar-refractivity contribution is 9.10. The largest absolute Gasteiger partial charge is 0.273 e. The lowest BCUT2D eigenvalue weighted by atomic mass is 10.2. The molecule has 1 amide bonds. The fourth-order valence-electron chi connectivity index (χ4n) is 2.36. The van der Waals surface area contributed by atoms with Crippen LogP contribution in [0.15, 0.2) is 16.9 Å². The Morgan fingerprint density at radius 3 is 2.88 bits per heavy atom. The highest BCUT2D eigenvalue weighted by Gasteiger charge is 2.42. The molecule has 0 saturated carbocycles. The van der Waals surface area contributed by atoms with Gasteiger partial charge in [-0.2, -0.15) is 0 Å². The van der Waals surface area contributed by atoms with E-state index < -0.39 is 0 Å². The molecule has 1 aromatic rings. The molecule has 0 spiro atoms. The van der Waals surface area contributed by atoms with Crippen molar-refractivity contribution < 1.29 is 4.79 Å². The van der Waals surface area contributed by atoms with Gasteiger partial charge in [0.25, 0.3) is 0 Å². The maximum Gasteiger partial charge on any atom is 0.247 e. The summed E-state index contributed by atoms with van der Waals surface area (Å²) in [6.07, 6.45) is 6.17. The lowest BCUT2D eigenvalue weighted by Gasteiger charge is -2.24. The Morgan fingerprint density at radius 2 is 2.12 bits per heavy atom. The van der Waals surface area contributed by atoms with Crippen molar-refractivity contribution in [1.82, 2.24) is 15.0 Å². The van der Waals surface area contributed by atoms with Crippen molar-refractivity contribution in [2.45, 2.75) is 25.3 Å². The number of amides is 1. The quantitative estimate of drug-likeness (QED) is 0.780. The molecule has 1 unspecified atom stereocenters. The zero-order chi connectivity index (χ0) is 11.1. The van der Waals surface area contributed by atoms with E-state index in [2.05, 4.69) is 30.9 Å². The van der Waals surface area contributed by atoms with Crippen molar-refractivity contribution in [3.63, 3.8) is 0 Å². The van der Waals surface area contributed by atoms with Crippen LogP contribution in [0.5, 0.6) is 0 Å². The number of rotatable bonds is 1. The number of nitrogens with zero attached hydrogens (tertiary/aromatic N) is 4. The molecule has 1 atom stereocenters. The number of halogens is 1. The third kappa shape index (κ3) is 1.53. The monoisotopic (exact) mass is 282 g/mol. The van der Waals surface area contributed by atoms with Gasteiger partial charge in [0, 0.05) is 31.4 Å². The van der Waals surface area contributed by atoms with Crippen LogP contribution in [0.25, 0.3) is 0 Å². The molecule has 0 aromatic carbocycles. The molecule has 3 heterocycles. The first-order valence-corrected chi connectivity index (χ1v) is 6.12. The fourth-order valence-corrected chi connectivity index (χ4v) is 2.57. The van der Waals surface area contributed by atoms with Gasteiger partial charge >= 0.3 is 0 Å². The van der Waals surface area contributed by atoms with Gasteiger partial charge < -0.3 is 0 Å². The molecule has 16 heavy (non-hydrogen) atoms. The Kier molecular flexibility index (Phi) is 2.40. The lowest BCUT2D eigenvalue weighted by Crippen LogP contribution is -2.40. The summed E-state index contributed by atoms with van der Waals surface area (Å²) in [6.45, 7) is 0.926. The molecule has 5 nitrogen and oxygen atoms in total. The van der Waals surface area contributed by atoms with Crippen molar-refractivity contribution in [3.05, 3.63) is 16.9 Å². The Bertz CT molecular complexity index is 421.